The van der Waals surface area contributed by atoms with Gasteiger partial charge in [-0.1, -0.05) is 48.5 Å². The lowest BCUT2D eigenvalue weighted by atomic mass is 9.98. The van der Waals surface area contributed by atoms with E-state index in [1.54, 1.807) is 48.5 Å². The molecule has 0 aromatic heterocycles. The van der Waals surface area contributed by atoms with E-state index in [2.05, 4.69) is 10.6 Å². The minimum atomic E-state index is -1.09. The zero-order valence-corrected chi connectivity index (χ0v) is 19.2. The molecule has 0 atom stereocenters. The molecule has 3 N–H and O–H groups in total. The predicted octanol–water partition coefficient (Wildman–Crippen LogP) is 5.83. The Kier molecular flexibility index (Phi) is 6.94. The van der Waals surface area contributed by atoms with Crippen molar-refractivity contribution in [3.8, 4) is 0 Å². The molecule has 0 fully saturated rings. The Balaban J connectivity index is 1.47. The monoisotopic (exact) mass is 470 g/mol. The van der Waals surface area contributed by atoms with Crippen molar-refractivity contribution in [3.63, 3.8) is 0 Å². The summed E-state index contributed by atoms with van der Waals surface area (Å²) in [5.41, 5.74) is 2.69. The minimum absolute atomic E-state index is 0.0761. The van der Waals surface area contributed by atoms with E-state index in [-0.39, 0.29) is 22.8 Å². The van der Waals surface area contributed by atoms with Crippen LogP contribution in [0.1, 0.15) is 26.3 Å². The number of hydrogen-bond acceptors (Lipinski definition) is 4. The van der Waals surface area contributed by atoms with Crippen LogP contribution in [-0.4, -0.2) is 28.6 Å². The maximum Gasteiger partial charge on any atom is 0.336 e. The van der Waals surface area contributed by atoms with Gasteiger partial charge in [-0.2, -0.15) is 0 Å². The van der Waals surface area contributed by atoms with Crippen LogP contribution >= 0.6 is 11.8 Å². The van der Waals surface area contributed by atoms with Crippen molar-refractivity contribution < 1.29 is 19.5 Å². The van der Waals surface area contributed by atoms with Gasteiger partial charge >= 0.3 is 5.97 Å². The Morgan fingerprint density at radius 3 is 2.26 bits per heavy atom. The molecule has 4 aromatic rings. The second kappa shape index (κ2) is 10.2. The highest BCUT2D eigenvalue weighted by atomic mass is 32.2. The van der Waals surface area contributed by atoms with Crippen molar-refractivity contribution in [2.45, 2.75) is 11.8 Å². The summed E-state index contributed by atoms with van der Waals surface area (Å²) < 4.78 is 0. The van der Waals surface area contributed by atoms with Crippen LogP contribution in [0.15, 0.2) is 89.8 Å². The lowest BCUT2D eigenvalue weighted by Gasteiger charge is -2.11. The molecule has 2 amide bonds. The normalized spacial score (nSPS) is 10.6. The first-order chi connectivity index (χ1) is 16.4. The molecule has 6 nitrogen and oxygen atoms in total. The number of carboxylic acid groups (broad SMARTS) is 1. The van der Waals surface area contributed by atoms with Gasteiger partial charge in [0.1, 0.15) is 0 Å². The number of rotatable bonds is 7. The molecule has 4 aromatic carbocycles. The SMILES string of the molecule is Cc1ccccc1NC(=O)CSc1cccc(NC(=O)c2cccc3cccc(C(=O)O)c23)c1. The van der Waals surface area contributed by atoms with Crippen LogP contribution in [0.4, 0.5) is 11.4 Å². The molecule has 170 valence electrons. The molecule has 0 aliphatic rings. The standard InChI is InChI=1S/C27H22N2O4S/c1-17-7-2-3-14-23(17)29-24(30)16-34-20-11-6-10-19(15-20)28-26(31)21-12-4-8-18-9-5-13-22(25(18)21)27(32)33/h2-15H,16H2,1H3,(H,28,31)(H,29,30)(H,32,33). The molecule has 7 heteroatoms. The number of para-hydroxylation sites is 1. The average molecular weight is 471 g/mol. The first-order valence-electron chi connectivity index (χ1n) is 10.6. The summed E-state index contributed by atoms with van der Waals surface area (Å²) in [7, 11) is 0. The summed E-state index contributed by atoms with van der Waals surface area (Å²) >= 11 is 1.36. The van der Waals surface area contributed by atoms with Crippen molar-refractivity contribution in [1.82, 2.24) is 0 Å². The van der Waals surface area contributed by atoms with Crippen LogP contribution in [-0.2, 0) is 4.79 Å². The van der Waals surface area contributed by atoms with E-state index < -0.39 is 11.9 Å². The zero-order valence-electron chi connectivity index (χ0n) is 18.4. The number of anilines is 2. The van der Waals surface area contributed by atoms with E-state index in [0.29, 0.717) is 16.5 Å². The number of hydrogen-bond donors (Lipinski definition) is 3. The Bertz CT molecular complexity index is 1400. The number of thioether (sulfide) groups is 1. The molecule has 0 saturated carbocycles. The Labute approximate surface area is 201 Å². The van der Waals surface area contributed by atoms with Crippen molar-refractivity contribution in [2.75, 3.05) is 16.4 Å². The summed E-state index contributed by atoms with van der Waals surface area (Å²) in [6.07, 6.45) is 0. The molecule has 0 bridgehead atoms. The lowest BCUT2D eigenvalue weighted by Crippen LogP contribution is -2.15. The third-order valence-electron chi connectivity index (χ3n) is 5.26. The maximum absolute atomic E-state index is 13.0. The van der Waals surface area contributed by atoms with E-state index in [4.69, 9.17) is 0 Å². The van der Waals surface area contributed by atoms with E-state index >= 15 is 0 Å². The number of benzene rings is 4. The molecule has 0 spiro atoms. The zero-order chi connectivity index (χ0) is 24.1. The van der Waals surface area contributed by atoms with Gasteiger partial charge < -0.3 is 15.7 Å². The second-order valence-electron chi connectivity index (χ2n) is 7.65. The fraction of sp³-hybridized carbons (Fsp3) is 0.0741. The number of carboxylic acids is 1. The smallest absolute Gasteiger partial charge is 0.336 e. The van der Waals surface area contributed by atoms with E-state index in [1.807, 2.05) is 37.3 Å². The third kappa shape index (κ3) is 5.27. The van der Waals surface area contributed by atoms with Crippen molar-refractivity contribution in [2.24, 2.45) is 0 Å². The summed E-state index contributed by atoms with van der Waals surface area (Å²) in [4.78, 5) is 37.9. The topological polar surface area (TPSA) is 95.5 Å². The highest BCUT2D eigenvalue weighted by molar-refractivity contribution is 8.00. The van der Waals surface area contributed by atoms with E-state index in [1.165, 1.54) is 17.8 Å². The Morgan fingerprint density at radius 1 is 0.824 bits per heavy atom. The van der Waals surface area contributed by atoms with Crippen LogP contribution in [0.3, 0.4) is 0 Å². The fourth-order valence-corrected chi connectivity index (χ4v) is 4.37. The number of fused-ring (bicyclic) bond motifs is 1. The van der Waals surface area contributed by atoms with Gasteiger partial charge in [0, 0.05) is 27.2 Å². The molecular formula is C27H22N2O4S. The molecule has 0 saturated heterocycles. The van der Waals surface area contributed by atoms with Gasteiger partial charge in [0.15, 0.2) is 0 Å². The molecule has 0 aliphatic carbocycles. The minimum Gasteiger partial charge on any atom is -0.478 e. The molecule has 4 rings (SSSR count). The van der Waals surface area contributed by atoms with Gasteiger partial charge in [-0.3, -0.25) is 9.59 Å². The van der Waals surface area contributed by atoms with Crippen LogP contribution in [0.2, 0.25) is 0 Å². The van der Waals surface area contributed by atoms with Gasteiger partial charge in [0.05, 0.1) is 11.3 Å². The molecular weight excluding hydrogens is 448 g/mol. The van der Waals surface area contributed by atoms with Gasteiger partial charge in [0.2, 0.25) is 5.91 Å². The van der Waals surface area contributed by atoms with Crippen LogP contribution < -0.4 is 10.6 Å². The highest BCUT2D eigenvalue weighted by Crippen LogP contribution is 2.26. The highest BCUT2D eigenvalue weighted by Gasteiger charge is 2.17. The summed E-state index contributed by atoms with van der Waals surface area (Å²) in [5.74, 6) is -1.39. The molecule has 0 unspecified atom stereocenters. The molecule has 0 aliphatic heterocycles. The first kappa shape index (κ1) is 23.1. The fourth-order valence-electron chi connectivity index (χ4n) is 3.62. The second-order valence-corrected chi connectivity index (χ2v) is 8.70. The quantitative estimate of drug-likeness (QED) is 0.295. The molecule has 34 heavy (non-hydrogen) atoms. The maximum atomic E-state index is 13.0. The lowest BCUT2D eigenvalue weighted by molar-refractivity contribution is -0.113. The van der Waals surface area contributed by atoms with Crippen molar-refractivity contribution in [1.29, 1.82) is 0 Å². The third-order valence-corrected chi connectivity index (χ3v) is 6.25. The van der Waals surface area contributed by atoms with Gasteiger partial charge in [0.25, 0.3) is 5.91 Å². The van der Waals surface area contributed by atoms with Gasteiger partial charge in [-0.15, -0.1) is 11.8 Å². The molecule has 0 heterocycles. The molecule has 0 radical (unpaired) electrons. The predicted molar refractivity (Wildman–Crippen MR) is 136 cm³/mol. The summed E-state index contributed by atoms with van der Waals surface area (Å²) in [6.45, 7) is 1.93. The number of nitrogens with one attached hydrogen (secondary N) is 2. The Hall–Kier alpha value is -4.10. The first-order valence-corrected chi connectivity index (χ1v) is 11.6. The van der Waals surface area contributed by atoms with Gasteiger partial charge in [-0.25, -0.2) is 4.79 Å². The number of amides is 2. The number of aryl methyl sites for hydroxylation is 1. The number of carbonyl (C=O) groups excluding carboxylic acids is 2. The van der Waals surface area contributed by atoms with E-state index in [0.717, 1.165) is 16.1 Å². The van der Waals surface area contributed by atoms with Crippen LogP contribution in [0.5, 0.6) is 0 Å². The Morgan fingerprint density at radius 2 is 1.53 bits per heavy atom. The number of aromatic carboxylic acids is 1. The summed E-state index contributed by atoms with van der Waals surface area (Å²) in [6, 6.07) is 24.8. The summed E-state index contributed by atoms with van der Waals surface area (Å²) in [5, 5.41) is 16.4. The van der Waals surface area contributed by atoms with Crippen molar-refractivity contribution in [3.05, 3.63) is 102 Å². The van der Waals surface area contributed by atoms with Crippen LogP contribution in [0.25, 0.3) is 10.8 Å². The van der Waals surface area contributed by atoms with Crippen molar-refractivity contribution >= 4 is 51.7 Å². The number of carbonyl (C=O) groups is 3. The van der Waals surface area contributed by atoms with Crippen LogP contribution in [0, 0.1) is 6.92 Å². The van der Waals surface area contributed by atoms with E-state index in [9.17, 15) is 19.5 Å². The largest absolute Gasteiger partial charge is 0.478 e. The van der Waals surface area contributed by atoms with Gasteiger partial charge in [-0.05, 0) is 54.3 Å². The average Bonchev–Trinajstić information content (AvgIpc) is 2.83.